The van der Waals surface area contributed by atoms with E-state index in [1.54, 1.807) is 25.4 Å². The zero-order valence-electron chi connectivity index (χ0n) is 10.3. The summed E-state index contributed by atoms with van der Waals surface area (Å²) in [6.45, 7) is 3.63. The number of aliphatic hydroxyl groups is 1. The van der Waals surface area contributed by atoms with Crippen LogP contribution in [0.3, 0.4) is 0 Å². The summed E-state index contributed by atoms with van der Waals surface area (Å²) in [4.78, 5) is 7.20. The molecule has 0 saturated carbocycles. The van der Waals surface area contributed by atoms with E-state index in [1.807, 2.05) is 32.0 Å². The van der Waals surface area contributed by atoms with E-state index in [0.717, 1.165) is 15.6 Å². The molecule has 1 N–H and O–H groups in total. The molecule has 1 aromatic heterocycles. The fraction of sp³-hybridized carbons (Fsp3) is 0.545. The molecular weight excluding hydrogens is 224 g/mol. The minimum absolute atomic E-state index is 0.449. The van der Waals surface area contributed by atoms with Crippen LogP contribution in [-0.2, 0) is 0 Å². The van der Waals surface area contributed by atoms with Crippen LogP contribution >= 0.6 is 11.3 Å². The summed E-state index contributed by atoms with van der Waals surface area (Å²) in [5.41, 5.74) is 0.896. The number of methoxy groups -OCH3 is 1. The Bertz CT molecular complexity index is 383. The van der Waals surface area contributed by atoms with Crippen molar-refractivity contribution in [2.45, 2.75) is 20.0 Å². The highest BCUT2D eigenvalue weighted by molar-refractivity contribution is 7.16. The smallest absolute Gasteiger partial charge is 0.233 e. The third-order valence-corrected chi connectivity index (χ3v) is 3.35. The lowest BCUT2D eigenvalue weighted by molar-refractivity contribution is 0.232. The van der Waals surface area contributed by atoms with Gasteiger partial charge in [0.05, 0.1) is 18.1 Å². The first-order valence-corrected chi connectivity index (χ1v) is 5.85. The number of rotatable bonds is 4. The monoisotopic (exact) mass is 242 g/mol. The minimum atomic E-state index is -0.449. The van der Waals surface area contributed by atoms with Crippen LogP contribution < -0.4 is 9.64 Å². The predicted octanol–water partition coefficient (Wildman–Crippen LogP) is 2.00. The quantitative estimate of drug-likeness (QED) is 0.877. The van der Waals surface area contributed by atoms with Gasteiger partial charge in [0.15, 0.2) is 5.13 Å². The maximum atomic E-state index is 9.43. The van der Waals surface area contributed by atoms with E-state index in [0.29, 0.717) is 5.88 Å². The highest BCUT2D eigenvalue weighted by atomic mass is 32.1. The number of aliphatic hydroxyl groups excluding tert-OH is 1. The first-order chi connectivity index (χ1) is 7.45. The Balaban J connectivity index is 3.08. The Morgan fingerprint density at radius 3 is 2.62 bits per heavy atom. The van der Waals surface area contributed by atoms with E-state index in [2.05, 4.69) is 4.98 Å². The highest BCUT2D eigenvalue weighted by Crippen LogP contribution is 2.32. The first kappa shape index (κ1) is 13.0. The van der Waals surface area contributed by atoms with E-state index >= 15 is 0 Å². The van der Waals surface area contributed by atoms with Gasteiger partial charge in [0.1, 0.15) is 0 Å². The number of hydrogen-bond donors (Lipinski definition) is 1. The van der Waals surface area contributed by atoms with E-state index in [9.17, 15) is 5.11 Å². The number of aromatic nitrogens is 1. The highest BCUT2D eigenvalue weighted by Gasteiger charge is 2.12. The largest absolute Gasteiger partial charge is 0.480 e. The Morgan fingerprint density at radius 2 is 2.19 bits per heavy atom. The molecule has 0 amide bonds. The molecule has 1 unspecified atom stereocenters. The van der Waals surface area contributed by atoms with Crippen molar-refractivity contribution in [2.24, 2.45) is 0 Å². The molecule has 0 saturated heterocycles. The number of anilines is 1. The van der Waals surface area contributed by atoms with Gasteiger partial charge >= 0.3 is 0 Å². The van der Waals surface area contributed by atoms with E-state index in [-0.39, 0.29) is 0 Å². The Labute approximate surface area is 100 Å². The van der Waals surface area contributed by atoms with Gasteiger partial charge in [0.2, 0.25) is 5.88 Å². The van der Waals surface area contributed by atoms with Crippen LogP contribution in [0.4, 0.5) is 5.13 Å². The number of ether oxygens (including phenoxy) is 1. The van der Waals surface area contributed by atoms with Crippen LogP contribution in [0.2, 0.25) is 0 Å². The van der Waals surface area contributed by atoms with Crippen molar-refractivity contribution >= 4 is 22.5 Å². The second-order valence-electron chi connectivity index (χ2n) is 3.83. The second kappa shape index (κ2) is 5.32. The van der Waals surface area contributed by atoms with Crippen molar-refractivity contribution in [1.82, 2.24) is 4.98 Å². The van der Waals surface area contributed by atoms with Gasteiger partial charge in [-0.1, -0.05) is 11.3 Å². The van der Waals surface area contributed by atoms with Crippen molar-refractivity contribution < 1.29 is 9.84 Å². The van der Waals surface area contributed by atoms with Gasteiger partial charge in [0, 0.05) is 14.1 Å². The van der Waals surface area contributed by atoms with Crippen LogP contribution in [-0.4, -0.2) is 37.4 Å². The van der Waals surface area contributed by atoms with Gasteiger partial charge < -0.3 is 14.7 Å². The standard InChI is InChI=1S/C11H18N2O2S/c1-7(8(2)14)6-9-10(15-5)12-11(16-9)13(3)4/h6,8,14H,1-5H3/b7-6-. The number of thiazole rings is 1. The third-order valence-electron chi connectivity index (χ3n) is 2.20. The SMILES string of the molecule is COc1nc(N(C)C)sc1/C=C(/C)C(C)O. The Hall–Kier alpha value is -1.07. The number of hydrogen-bond acceptors (Lipinski definition) is 5. The molecule has 16 heavy (non-hydrogen) atoms. The molecular formula is C11H18N2O2S. The maximum absolute atomic E-state index is 9.43. The lowest BCUT2D eigenvalue weighted by atomic mass is 10.2. The molecule has 1 aromatic rings. The minimum Gasteiger partial charge on any atom is -0.480 e. The summed E-state index contributed by atoms with van der Waals surface area (Å²) in [5.74, 6) is 0.605. The lowest BCUT2D eigenvalue weighted by Gasteiger charge is -2.04. The summed E-state index contributed by atoms with van der Waals surface area (Å²) in [5, 5.41) is 10.3. The van der Waals surface area contributed by atoms with Gasteiger partial charge in [-0.25, -0.2) is 0 Å². The summed E-state index contributed by atoms with van der Waals surface area (Å²) in [6.07, 6.45) is 1.46. The fourth-order valence-corrected chi connectivity index (χ4v) is 2.03. The molecule has 0 aliphatic rings. The normalized spacial score (nSPS) is 13.8. The van der Waals surface area contributed by atoms with Gasteiger partial charge in [-0.2, -0.15) is 4.98 Å². The molecule has 1 heterocycles. The van der Waals surface area contributed by atoms with Crippen molar-refractivity contribution in [3.8, 4) is 5.88 Å². The summed E-state index contributed by atoms with van der Waals surface area (Å²) in [6, 6.07) is 0. The van der Waals surface area contributed by atoms with Crippen LogP contribution in [0.25, 0.3) is 6.08 Å². The van der Waals surface area contributed by atoms with Crippen LogP contribution in [0.5, 0.6) is 5.88 Å². The topological polar surface area (TPSA) is 45.6 Å². The Morgan fingerprint density at radius 1 is 1.56 bits per heavy atom. The second-order valence-corrected chi connectivity index (χ2v) is 4.84. The summed E-state index contributed by atoms with van der Waals surface area (Å²) >= 11 is 1.54. The molecule has 0 fully saturated rings. The molecule has 0 aliphatic heterocycles. The molecule has 90 valence electrons. The summed E-state index contributed by atoms with van der Waals surface area (Å²) in [7, 11) is 5.48. The van der Waals surface area contributed by atoms with E-state index in [4.69, 9.17) is 4.74 Å². The average molecular weight is 242 g/mol. The maximum Gasteiger partial charge on any atom is 0.233 e. The van der Waals surface area contributed by atoms with Gasteiger partial charge in [-0.05, 0) is 25.5 Å². The molecule has 0 spiro atoms. The predicted molar refractivity (Wildman–Crippen MR) is 68.3 cm³/mol. The van der Waals surface area contributed by atoms with Crippen molar-refractivity contribution in [3.63, 3.8) is 0 Å². The third kappa shape index (κ3) is 2.96. The van der Waals surface area contributed by atoms with Crippen molar-refractivity contribution in [3.05, 3.63) is 10.5 Å². The zero-order valence-corrected chi connectivity index (χ0v) is 11.1. The molecule has 5 heteroatoms. The van der Waals surface area contributed by atoms with E-state index < -0.39 is 6.10 Å². The molecule has 1 atom stereocenters. The van der Waals surface area contributed by atoms with Crippen molar-refractivity contribution in [2.75, 3.05) is 26.1 Å². The molecule has 0 aromatic carbocycles. The zero-order chi connectivity index (χ0) is 12.3. The summed E-state index contributed by atoms with van der Waals surface area (Å²) < 4.78 is 5.20. The molecule has 1 rings (SSSR count). The average Bonchev–Trinajstić information content (AvgIpc) is 2.60. The Kier molecular flexibility index (Phi) is 4.32. The lowest BCUT2D eigenvalue weighted by Crippen LogP contribution is -2.07. The van der Waals surface area contributed by atoms with Crippen molar-refractivity contribution in [1.29, 1.82) is 0 Å². The molecule has 0 radical (unpaired) electrons. The van der Waals surface area contributed by atoms with Gasteiger partial charge in [0.25, 0.3) is 0 Å². The van der Waals surface area contributed by atoms with Gasteiger partial charge in [-0.3, -0.25) is 0 Å². The van der Waals surface area contributed by atoms with Crippen LogP contribution in [0.1, 0.15) is 18.7 Å². The first-order valence-electron chi connectivity index (χ1n) is 5.04. The van der Waals surface area contributed by atoms with Gasteiger partial charge in [-0.15, -0.1) is 0 Å². The number of nitrogens with zero attached hydrogens (tertiary/aromatic N) is 2. The van der Waals surface area contributed by atoms with Crippen LogP contribution in [0, 0.1) is 0 Å². The molecule has 0 bridgehead atoms. The molecule has 4 nitrogen and oxygen atoms in total. The molecule has 0 aliphatic carbocycles. The van der Waals surface area contributed by atoms with Crippen LogP contribution in [0.15, 0.2) is 5.57 Å². The van der Waals surface area contributed by atoms with E-state index in [1.165, 1.54) is 0 Å². The fourth-order valence-electron chi connectivity index (χ4n) is 1.06.